The van der Waals surface area contributed by atoms with E-state index in [0.29, 0.717) is 12.5 Å². The molecule has 0 heterocycles. The van der Waals surface area contributed by atoms with E-state index in [2.05, 4.69) is 5.32 Å². The lowest BCUT2D eigenvalue weighted by Gasteiger charge is -2.28. The van der Waals surface area contributed by atoms with Gasteiger partial charge >= 0.3 is 6.18 Å². The molecule has 20 heavy (non-hydrogen) atoms. The normalized spacial score (nSPS) is 16.4. The largest absolute Gasteiger partial charge is 0.415 e. The van der Waals surface area contributed by atoms with E-state index in [1.54, 1.807) is 30.8 Å². The predicted molar refractivity (Wildman–Crippen MR) is 73.4 cm³/mol. The van der Waals surface area contributed by atoms with Crippen LogP contribution in [0.3, 0.4) is 0 Å². The summed E-state index contributed by atoms with van der Waals surface area (Å²) < 4.78 is 37.9. The summed E-state index contributed by atoms with van der Waals surface area (Å²) in [4.78, 5) is 12.7. The average Bonchev–Trinajstić information content (AvgIpc) is 2.37. The molecule has 1 aromatic rings. The number of halogens is 3. The van der Waals surface area contributed by atoms with Crippen molar-refractivity contribution in [1.82, 2.24) is 5.32 Å². The Morgan fingerprint density at radius 2 is 1.80 bits per heavy atom. The van der Waals surface area contributed by atoms with Crippen molar-refractivity contribution in [2.24, 2.45) is 5.73 Å². The Bertz CT molecular complexity index is 471. The molecule has 0 saturated heterocycles. The molecule has 0 aliphatic carbocycles. The van der Waals surface area contributed by atoms with Crippen molar-refractivity contribution in [3.8, 4) is 0 Å². The predicted octanol–water partition coefficient (Wildman–Crippen LogP) is 2.87. The van der Waals surface area contributed by atoms with Crippen LogP contribution in [0.5, 0.6) is 0 Å². The maximum Gasteiger partial charge on any atom is 0.415 e. The van der Waals surface area contributed by atoms with E-state index in [1.165, 1.54) is 0 Å². The minimum atomic E-state index is -4.79. The van der Waals surface area contributed by atoms with E-state index in [4.69, 9.17) is 5.73 Å². The van der Waals surface area contributed by atoms with E-state index in [0.717, 1.165) is 4.90 Å². The van der Waals surface area contributed by atoms with Crippen molar-refractivity contribution in [3.05, 3.63) is 29.8 Å². The van der Waals surface area contributed by atoms with Crippen LogP contribution >= 0.6 is 11.8 Å². The zero-order valence-corrected chi connectivity index (χ0v) is 12.2. The minimum absolute atomic E-state index is 0.552. The first-order valence-corrected chi connectivity index (χ1v) is 7.12. The van der Waals surface area contributed by atoms with Crippen LogP contribution in [0.25, 0.3) is 0 Å². The standard InChI is InChI=1S/C13H17F3N2OS/c1-8(9-4-6-10(20-3)7-5-9)18-11(19)12(2,17)13(14,15)16/h4-8H,17H2,1-3H3,(H,18,19). The van der Waals surface area contributed by atoms with Crippen LogP contribution in [0.15, 0.2) is 29.2 Å². The number of nitrogens with one attached hydrogen (secondary N) is 1. The molecule has 0 aliphatic rings. The van der Waals surface area contributed by atoms with Crippen LogP contribution < -0.4 is 11.1 Å². The molecule has 1 rings (SSSR count). The number of hydrogen-bond acceptors (Lipinski definition) is 3. The lowest BCUT2D eigenvalue weighted by atomic mass is 10.0. The first-order chi connectivity index (χ1) is 9.09. The highest BCUT2D eigenvalue weighted by atomic mass is 32.2. The molecular formula is C13H17F3N2OS. The Kier molecular flexibility index (Phi) is 5.10. The zero-order chi connectivity index (χ0) is 15.6. The number of carbonyl (C=O) groups excluding carboxylic acids is 1. The van der Waals surface area contributed by atoms with Crippen molar-refractivity contribution in [2.45, 2.75) is 36.5 Å². The Labute approximate surface area is 120 Å². The van der Waals surface area contributed by atoms with Crippen LogP contribution in [-0.2, 0) is 4.79 Å². The third kappa shape index (κ3) is 3.67. The molecular weight excluding hydrogens is 289 g/mol. The lowest BCUT2D eigenvalue weighted by molar-refractivity contribution is -0.187. The van der Waals surface area contributed by atoms with Crippen molar-refractivity contribution >= 4 is 17.7 Å². The second-order valence-corrected chi connectivity index (χ2v) is 5.55. The van der Waals surface area contributed by atoms with Gasteiger partial charge in [-0.05, 0) is 37.8 Å². The SMILES string of the molecule is CSc1ccc(C(C)NC(=O)C(C)(N)C(F)(F)F)cc1. The lowest BCUT2D eigenvalue weighted by Crippen LogP contribution is -2.61. The molecule has 112 valence electrons. The van der Waals surface area contributed by atoms with E-state index in [9.17, 15) is 18.0 Å². The Morgan fingerprint density at radius 1 is 1.30 bits per heavy atom. The van der Waals surface area contributed by atoms with Gasteiger partial charge in [-0.25, -0.2) is 0 Å². The summed E-state index contributed by atoms with van der Waals surface area (Å²) in [6.45, 7) is 2.27. The molecule has 3 nitrogen and oxygen atoms in total. The fraction of sp³-hybridized carbons (Fsp3) is 0.462. The minimum Gasteiger partial charge on any atom is -0.348 e. The average molecular weight is 306 g/mol. The molecule has 0 aromatic heterocycles. The molecule has 3 N–H and O–H groups in total. The molecule has 0 saturated carbocycles. The Morgan fingerprint density at radius 3 is 2.20 bits per heavy atom. The Balaban J connectivity index is 2.79. The van der Waals surface area contributed by atoms with Crippen LogP contribution in [0.4, 0.5) is 13.2 Å². The van der Waals surface area contributed by atoms with Gasteiger partial charge < -0.3 is 11.1 Å². The highest BCUT2D eigenvalue weighted by Gasteiger charge is 2.54. The number of hydrogen-bond donors (Lipinski definition) is 2. The van der Waals surface area contributed by atoms with Crippen LogP contribution in [-0.4, -0.2) is 23.9 Å². The molecule has 1 amide bonds. The summed E-state index contributed by atoms with van der Waals surface area (Å²) in [7, 11) is 0. The number of thioether (sulfide) groups is 1. The number of alkyl halides is 3. The summed E-state index contributed by atoms with van der Waals surface area (Å²) in [6.07, 6.45) is -2.87. The summed E-state index contributed by atoms with van der Waals surface area (Å²) in [5, 5.41) is 2.29. The molecule has 1 aromatic carbocycles. The van der Waals surface area contributed by atoms with Gasteiger partial charge in [0.2, 0.25) is 5.91 Å². The molecule has 2 atom stereocenters. The number of nitrogens with two attached hydrogens (primary N) is 1. The van der Waals surface area contributed by atoms with Gasteiger partial charge in [-0.3, -0.25) is 4.79 Å². The van der Waals surface area contributed by atoms with Gasteiger partial charge in [0, 0.05) is 4.90 Å². The van der Waals surface area contributed by atoms with Gasteiger partial charge in [-0.15, -0.1) is 11.8 Å². The maximum absolute atomic E-state index is 12.6. The fourth-order valence-electron chi connectivity index (χ4n) is 1.45. The molecule has 0 radical (unpaired) electrons. The molecule has 0 spiro atoms. The second kappa shape index (κ2) is 6.05. The highest BCUT2D eigenvalue weighted by Crippen LogP contribution is 2.29. The monoisotopic (exact) mass is 306 g/mol. The number of carbonyl (C=O) groups is 1. The molecule has 0 bridgehead atoms. The second-order valence-electron chi connectivity index (χ2n) is 4.67. The van der Waals surface area contributed by atoms with E-state index in [-0.39, 0.29) is 0 Å². The van der Waals surface area contributed by atoms with Gasteiger partial charge in [-0.1, -0.05) is 12.1 Å². The van der Waals surface area contributed by atoms with E-state index < -0.39 is 23.7 Å². The Hall–Kier alpha value is -1.21. The topological polar surface area (TPSA) is 55.1 Å². The van der Waals surface area contributed by atoms with E-state index >= 15 is 0 Å². The molecule has 7 heteroatoms. The van der Waals surface area contributed by atoms with Crippen molar-refractivity contribution < 1.29 is 18.0 Å². The third-order valence-electron chi connectivity index (χ3n) is 3.02. The number of amides is 1. The molecule has 2 unspecified atom stereocenters. The van der Waals surface area contributed by atoms with Gasteiger partial charge in [0.1, 0.15) is 0 Å². The summed E-state index contributed by atoms with van der Waals surface area (Å²) >= 11 is 1.55. The van der Waals surface area contributed by atoms with Crippen molar-refractivity contribution in [3.63, 3.8) is 0 Å². The van der Waals surface area contributed by atoms with E-state index in [1.807, 2.05) is 18.4 Å². The molecule has 0 aliphatic heterocycles. The van der Waals surface area contributed by atoms with Gasteiger partial charge in [0.25, 0.3) is 0 Å². The first-order valence-electron chi connectivity index (χ1n) is 5.90. The van der Waals surface area contributed by atoms with Crippen molar-refractivity contribution in [1.29, 1.82) is 0 Å². The zero-order valence-electron chi connectivity index (χ0n) is 11.4. The van der Waals surface area contributed by atoms with Crippen LogP contribution in [0.2, 0.25) is 0 Å². The number of rotatable bonds is 4. The number of benzene rings is 1. The van der Waals surface area contributed by atoms with Crippen LogP contribution in [0, 0.1) is 0 Å². The van der Waals surface area contributed by atoms with Crippen molar-refractivity contribution in [2.75, 3.05) is 6.26 Å². The van der Waals surface area contributed by atoms with Gasteiger partial charge in [0.15, 0.2) is 5.54 Å². The summed E-state index contributed by atoms with van der Waals surface area (Å²) in [6, 6.07) is 6.65. The quantitative estimate of drug-likeness (QED) is 0.841. The summed E-state index contributed by atoms with van der Waals surface area (Å²) in [5.41, 5.74) is 2.88. The smallest absolute Gasteiger partial charge is 0.348 e. The fourth-order valence-corrected chi connectivity index (χ4v) is 1.86. The van der Waals surface area contributed by atoms with Crippen LogP contribution in [0.1, 0.15) is 25.5 Å². The first kappa shape index (κ1) is 16.8. The highest BCUT2D eigenvalue weighted by molar-refractivity contribution is 7.98. The van der Waals surface area contributed by atoms with Gasteiger partial charge in [-0.2, -0.15) is 13.2 Å². The van der Waals surface area contributed by atoms with Gasteiger partial charge in [0.05, 0.1) is 6.04 Å². The third-order valence-corrected chi connectivity index (χ3v) is 3.77. The molecule has 0 fully saturated rings. The summed E-state index contributed by atoms with van der Waals surface area (Å²) in [5.74, 6) is -1.24. The maximum atomic E-state index is 12.6.